The molecule has 0 radical (unpaired) electrons. The molecule has 2 aliphatic rings. The zero-order valence-corrected chi connectivity index (χ0v) is 15.7. The summed E-state index contributed by atoms with van der Waals surface area (Å²) in [5.74, 6) is 1.08. The first-order valence-electron chi connectivity index (χ1n) is 8.97. The molecule has 0 N–H and O–H groups in total. The molecule has 1 aliphatic heterocycles. The molecule has 2 fully saturated rings. The molecule has 4 heteroatoms. The Kier molecular flexibility index (Phi) is 4.42. The molecular formula is C20H28BFO2. The van der Waals surface area contributed by atoms with E-state index in [1.807, 2.05) is 27.7 Å². The number of halogens is 1. The predicted octanol–water partition coefficient (Wildman–Crippen LogP) is 5.63. The lowest BCUT2D eigenvalue weighted by Gasteiger charge is -2.32. The highest BCUT2D eigenvalue weighted by Gasteiger charge is 2.53. The first kappa shape index (κ1) is 17.7. The maximum atomic E-state index is 14.8. The van der Waals surface area contributed by atoms with Crippen molar-refractivity contribution in [3.63, 3.8) is 0 Å². The number of rotatable bonds is 4. The molecule has 1 aromatic carbocycles. The maximum absolute atomic E-state index is 14.8. The van der Waals surface area contributed by atoms with Crippen LogP contribution in [0.2, 0.25) is 0 Å². The van der Waals surface area contributed by atoms with Crippen LogP contribution in [-0.4, -0.2) is 18.3 Å². The van der Waals surface area contributed by atoms with E-state index in [1.165, 1.54) is 24.0 Å². The van der Waals surface area contributed by atoms with Crippen LogP contribution in [-0.2, 0) is 9.31 Å². The molecule has 24 heavy (non-hydrogen) atoms. The molecule has 130 valence electrons. The van der Waals surface area contributed by atoms with E-state index in [2.05, 4.69) is 32.0 Å². The lowest BCUT2D eigenvalue weighted by Crippen LogP contribution is -2.41. The van der Waals surface area contributed by atoms with Crippen molar-refractivity contribution in [2.75, 3.05) is 0 Å². The molecular weight excluding hydrogens is 302 g/mol. The lowest BCUT2D eigenvalue weighted by atomic mass is 9.86. The molecule has 1 saturated heterocycles. The van der Waals surface area contributed by atoms with Gasteiger partial charge in [0.15, 0.2) is 0 Å². The van der Waals surface area contributed by atoms with Gasteiger partial charge in [-0.1, -0.05) is 32.0 Å². The van der Waals surface area contributed by atoms with E-state index in [0.29, 0.717) is 11.8 Å². The molecule has 3 rings (SSSR count). The Morgan fingerprint density at radius 1 is 1.12 bits per heavy atom. The van der Waals surface area contributed by atoms with Crippen LogP contribution in [0.4, 0.5) is 4.39 Å². The SMILES string of the molecule is CC(C)c1cc(C=C(F)B2OC(C)(C)C(C)(C)O2)cc(C2CC2)c1. The second-order valence-corrected chi connectivity index (χ2v) is 8.48. The zero-order valence-electron chi connectivity index (χ0n) is 15.7. The summed E-state index contributed by atoms with van der Waals surface area (Å²) in [5, 5.41) is 0. The fourth-order valence-electron chi connectivity index (χ4n) is 2.95. The molecule has 1 aromatic rings. The van der Waals surface area contributed by atoms with E-state index in [4.69, 9.17) is 9.31 Å². The smallest absolute Gasteiger partial charge is 0.398 e. The first-order chi connectivity index (χ1) is 11.1. The van der Waals surface area contributed by atoms with Crippen LogP contribution in [0.3, 0.4) is 0 Å². The van der Waals surface area contributed by atoms with E-state index < -0.39 is 18.3 Å². The van der Waals surface area contributed by atoms with Crippen molar-refractivity contribution in [1.82, 2.24) is 0 Å². The van der Waals surface area contributed by atoms with Gasteiger partial charge in [-0.15, -0.1) is 0 Å². The molecule has 1 aliphatic carbocycles. The fraction of sp³-hybridized carbons (Fsp3) is 0.600. The molecule has 0 spiro atoms. The van der Waals surface area contributed by atoms with Crippen LogP contribution >= 0.6 is 0 Å². The van der Waals surface area contributed by atoms with Gasteiger partial charge in [-0.3, -0.25) is 0 Å². The predicted molar refractivity (Wildman–Crippen MR) is 97.7 cm³/mol. The quantitative estimate of drug-likeness (QED) is 0.666. The second kappa shape index (κ2) is 6.00. The van der Waals surface area contributed by atoms with Crippen molar-refractivity contribution in [3.05, 3.63) is 40.6 Å². The van der Waals surface area contributed by atoms with Crippen LogP contribution in [0.5, 0.6) is 0 Å². The largest absolute Gasteiger partial charge is 0.525 e. The molecule has 0 bridgehead atoms. The Morgan fingerprint density at radius 3 is 2.21 bits per heavy atom. The van der Waals surface area contributed by atoms with Crippen molar-refractivity contribution in [3.8, 4) is 0 Å². The van der Waals surface area contributed by atoms with E-state index in [-0.39, 0.29) is 5.73 Å². The van der Waals surface area contributed by atoms with Crippen LogP contribution < -0.4 is 0 Å². The third-order valence-corrected chi connectivity index (χ3v) is 5.50. The summed E-state index contributed by atoms with van der Waals surface area (Å²) >= 11 is 0. The van der Waals surface area contributed by atoms with Crippen molar-refractivity contribution < 1.29 is 13.7 Å². The minimum atomic E-state index is -0.929. The minimum Gasteiger partial charge on any atom is -0.398 e. The summed E-state index contributed by atoms with van der Waals surface area (Å²) in [7, 11) is -0.929. The van der Waals surface area contributed by atoms with E-state index in [1.54, 1.807) is 6.08 Å². The van der Waals surface area contributed by atoms with Gasteiger partial charge in [0.1, 0.15) is 5.73 Å². The molecule has 1 heterocycles. The monoisotopic (exact) mass is 330 g/mol. The van der Waals surface area contributed by atoms with Gasteiger partial charge in [0.25, 0.3) is 0 Å². The first-order valence-corrected chi connectivity index (χ1v) is 8.97. The Hall–Kier alpha value is -1.13. The van der Waals surface area contributed by atoms with Crippen LogP contribution in [0.25, 0.3) is 6.08 Å². The lowest BCUT2D eigenvalue weighted by molar-refractivity contribution is 0.00578. The normalized spacial score (nSPS) is 23.2. The van der Waals surface area contributed by atoms with Crippen molar-refractivity contribution in [2.24, 2.45) is 0 Å². The fourth-order valence-corrected chi connectivity index (χ4v) is 2.95. The van der Waals surface area contributed by atoms with Crippen molar-refractivity contribution in [1.29, 1.82) is 0 Å². The summed E-state index contributed by atoms with van der Waals surface area (Å²) in [6.45, 7) is 12.1. The molecule has 0 atom stereocenters. The second-order valence-electron chi connectivity index (χ2n) is 8.48. The summed E-state index contributed by atoms with van der Waals surface area (Å²) in [5.41, 5.74) is 2.07. The zero-order chi connectivity index (χ0) is 17.7. The van der Waals surface area contributed by atoms with Gasteiger partial charge in [-0.25, -0.2) is 4.39 Å². The highest BCUT2D eigenvalue weighted by Crippen LogP contribution is 2.42. The Balaban J connectivity index is 1.88. The highest BCUT2D eigenvalue weighted by atomic mass is 19.1. The average Bonchev–Trinajstić information content (AvgIpc) is 3.26. The standard InChI is InChI=1S/C20H28BFO2/c1-13(2)16-9-14(10-17(12-16)15-7-8-15)11-18(22)21-23-19(3,4)20(5,6)24-21/h9-13,15H,7-8H2,1-6H3. The van der Waals surface area contributed by atoms with E-state index in [0.717, 1.165) is 5.56 Å². The topological polar surface area (TPSA) is 18.5 Å². The van der Waals surface area contributed by atoms with Crippen LogP contribution in [0, 0.1) is 0 Å². The molecule has 0 aromatic heterocycles. The van der Waals surface area contributed by atoms with Gasteiger partial charge in [-0.05, 0) is 75.1 Å². The third-order valence-electron chi connectivity index (χ3n) is 5.50. The molecule has 1 saturated carbocycles. The average molecular weight is 330 g/mol. The number of hydrogen-bond donors (Lipinski definition) is 0. The van der Waals surface area contributed by atoms with Gasteiger partial charge in [0.2, 0.25) is 0 Å². The van der Waals surface area contributed by atoms with Crippen LogP contribution in [0.1, 0.15) is 82.9 Å². The maximum Gasteiger partial charge on any atom is 0.525 e. The number of hydrogen-bond acceptors (Lipinski definition) is 2. The third kappa shape index (κ3) is 3.45. The van der Waals surface area contributed by atoms with Gasteiger partial charge < -0.3 is 9.31 Å². The van der Waals surface area contributed by atoms with E-state index >= 15 is 0 Å². The Bertz CT molecular complexity index is 623. The van der Waals surface area contributed by atoms with Gasteiger partial charge in [-0.2, -0.15) is 0 Å². The van der Waals surface area contributed by atoms with Gasteiger partial charge in [0.05, 0.1) is 11.2 Å². The van der Waals surface area contributed by atoms with Gasteiger partial charge >= 0.3 is 7.12 Å². The Labute approximate surface area is 145 Å². The summed E-state index contributed by atoms with van der Waals surface area (Å²) in [6, 6.07) is 6.45. The number of benzene rings is 1. The minimum absolute atomic E-state index is 0.365. The van der Waals surface area contributed by atoms with Crippen molar-refractivity contribution in [2.45, 2.75) is 77.4 Å². The highest BCUT2D eigenvalue weighted by molar-refractivity contribution is 6.54. The van der Waals surface area contributed by atoms with Crippen molar-refractivity contribution >= 4 is 13.2 Å². The summed E-state index contributed by atoms with van der Waals surface area (Å²) in [4.78, 5) is 0. The molecule has 2 nitrogen and oxygen atoms in total. The molecule has 0 unspecified atom stereocenters. The van der Waals surface area contributed by atoms with E-state index in [9.17, 15) is 4.39 Å². The summed E-state index contributed by atoms with van der Waals surface area (Å²) < 4.78 is 26.4. The van der Waals surface area contributed by atoms with Crippen LogP contribution in [0.15, 0.2) is 23.9 Å². The molecule has 0 amide bonds. The summed E-state index contributed by atoms with van der Waals surface area (Å²) in [6.07, 6.45) is 4.05. The Morgan fingerprint density at radius 2 is 1.71 bits per heavy atom. The van der Waals surface area contributed by atoms with Gasteiger partial charge in [0, 0.05) is 0 Å².